The molecule has 1 aromatic carbocycles. The van der Waals surface area contributed by atoms with Crippen LogP contribution in [0.5, 0.6) is 0 Å². The molecule has 0 amide bonds. The first kappa shape index (κ1) is 16.3. The van der Waals surface area contributed by atoms with E-state index in [4.69, 9.17) is 11.6 Å². The average Bonchev–Trinajstić information content (AvgIpc) is 2.36. The number of carboxylic acids is 1. The average molecular weight is 332 g/mol. The van der Waals surface area contributed by atoms with E-state index >= 15 is 0 Å². The van der Waals surface area contributed by atoms with Gasteiger partial charge in [0.1, 0.15) is 6.04 Å². The minimum Gasteiger partial charge on any atom is -0.480 e. The molecule has 1 N–H and O–H groups in total. The molecule has 21 heavy (non-hydrogen) atoms. The summed E-state index contributed by atoms with van der Waals surface area (Å²) in [5, 5.41) is 9.78. The summed E-state index contributed by atoms with van der Waals surface area (Å²) < 4.78 is 26.6. The third kappa shape index (κ3) is 3.07. The first-order valence-corrected chi connectivity index (χ1v) is 8.48. The van der Waals surface area contributed by atoms with E-state index in [0.29, 0.717) is 17.9 Å². The second kappa shape index (κ2) is 5.59. The Morgan fingerprint density at radius 3 is 2.67 bits per heavy atom. The summed E-state index contributed by atoms with van der Waals surface area (Å²) in [4.78, 5) is 11.6. The highest BCUT2D eigenvalue weighted by Gasteiger charge is 2.47. The van der Waals surface area contributed by atoms with Gasteiger partial charge in [0.05, 0.1) is 4.90 Å². The number of piperidine rings is 1. The monoisotopic (exact) mass is 331 g/mol. The topological polar surface area (TPSA) is 74.7 Å². The van der Waals surface area contributed by atoms with Crippen LogP contribution in [-0.4, -0.2) is 36.4 Å². The minimum absolute atomic E-state index is 0.0268. The van der Waals surface area contributed by atoms with Gasteiger partial charge in [0.2, 0.25) is 10.0 Å². The lowest BCUT2D eigenvalue weighted by Crippen LogP contribution is -2.56. The van der Waals surface area contributed by atoms with E-state index < -0.39 is 27.4 Å². The smallest absolute Gasteiger partial charge is 0.322 e. The Bertz CT molecular complexity index is 657. The lowest BCUT2D eigenvalue weighted by Gasteiger charge is -2.42. The molecule has 1 aliphatic heterocycles. The van der Waals surface area contributed by atoms with Gasteiger partial charge in [0.15, 0.2) is 0 Å². The molecule has 0 aliphatic carbocycles. The van der Waals surface area contributed by atoms with Crippen LogP contribution in [0.25, 0.3) is 0 Å². The predicted molar refractivity (Wildman–Crippen MR) is 79.8 cm³/mol. The number of nitrogens with zero attached hydrogens (tertiary/aromatic N) is 1. The van der Waals surface area contributed by atoms with Crippen LogP contribution in [0.2, 0.25) is 5.02 Å². The maximum atomic E-state index is 12.7. The largest absolute Gasteiger partial charge is 0.480 e. The van der Waals surface area contributed by atoms with E-state index in [-0.39, 0.29) is 11.4 Å². The van der Waals surface area contributed by atoms with Crippen molar-refractivity contribution in [2.24, 2.45) is 5.41 Å². The van der Waals surface area contributed by atoms with Gasteiger partial charge in [-0.2, -0.15) is 4.31 Å². The fraction of sp³-hybridized carbons (Fsp3) is 0.500. The van der Waals surface area contributed by atoms with Crippen LogP contribution in [0.15, 0.2) is 29.2 Å². The molecule has 0 saturated carbocycles. The van der Waals surface area contributed by atoms with Gasteiger partial charge in [-0.3, -0.25) is 4.79 Å². The molecule has 1 saturated heterocycles. The Labute approximate surface area is 129 Å². The molecule has 1 atom stereocenters. The lowest BCUT2D eigenvalue weighted by atomic mass is 9.77. The van der Waals surface area contributed by atoms with Crippen molar-refractivity contribution >= 4 is 27.6 Å². The summed E-state index contributed by atoms with van der Waals surface area (Å²) in [5.74, 6) is -1.12. The molecule has 0 spiro atoms. The van der Waals surface area contributed by atoms with E-state index in [2.05, 4.69) is 0 Å². The number of aliphatic carboxylic acids is 1. The van der Waals surface area contributed by atoms with E-state index in [1.54, 1.807) is 26.0 Å². The normalized spacial score (nSPS) is 22.9. The van der Waals surface area contributed by atoms with Crippen LogP contribution in [0.1, 0.15) is 26.7 Å². The summed E-state index contributed by atoms with van der Waals surface area (Å²) in [6, 6.07) is 4.82. The Balaban J connectivity index is 2.49. The molecule has 1 aliphatic rings. The number of halogens is 1. The quantitative estimate of drug-likeness (QED) is 0.923. The summed E-state index contributed by atoms with van der Waals surface area (Å²) in [5.41, 5.74) is -0.615. The second-order valence-electron chi connectivity index (χ2n) is 5.91. The van der Waals surface area contributed by atoms with Gasteiger partial charge in [-0.25, -0.2) is 8.42 Å². The molecule has 116 valence electrons. The first-order valence-electron chi connectivity index (χ1n) is 6.66. The van der Waals surface area contributed by atoms with Gasteiger partial charge in [0.25, 0.3) is 0 Å². The fourth-order valence-electron chi connectivity index (χ4n) is 2.83. The third-order valence-electron chi connectivity index (χ3n) is 3.86. The fourth-order valence-corrected chi connectivity index (χ4v) is 4.90. The van der Waals surface area contributed by atoms with Crippen LogP contribution in [0.4, 0.5) is 0 Å². The number of hydrogen-bond acceptors (Lipinski definition) is 3. The van der Waals surface area contributed by atoms with E-state index in [9.17, 15) is 18.3 Å². The number of rotatable bonds is 3. The summed E-state index contributed by atoms with van der Waals surface area (Å²) in [6.07, 6.45) is 1.31. The molecule has 1 aromatic rings. The summed E-state index contributed by atoms with van der Waals surface area (Å²) in [7, 11) is -3.88. The number of carbonyl (C=O) groups is 1. The summed E-state index contributed by atoms with van der Waals surface area (Å²) >= 11 is 5.85. The van der Waals surface area contributed by atoms with Crippen molar-refractivity contribution < 1.29 is 18.3 Å². The minimum atomic E-state index is -3.88. The first-order chi connectivity index (χ1) is 9.66. The van der Waals surface area contributed by atoms with E-state index in [1.807, 2.05) is 0 Å². The maximum Gasteiger partial charge on any atom is 0.322 e. The van der Waals surface area contributed by atoms with Crippen LogP contribution in [0, 0.1) is 5.41 Å². The second-order valence-corrected chi connectivity index (χ2v) is 8.23. The maximum absolute atomic E-state index is 12.7. The van der Waals surface area contributed by atoms with E-state index in [0.717, 1.165) is 4.31 Å². The lowest BCUT2D eigenvalue weighted by molar-refractivity contribution is -0.147. The molecular formula is C14H18ClNO4S. The predicted octanol–water partition coefficient (Wildman–Crippen LogP) is 2.60. The van der Waals surface area contributed by atoms with Crippen molar-refractivity contribution in [2.45, 2.75) is 37.6 Å². The van der Waals surface area contributed by atoms with Crippen LogP contribution in [0.3, 0.4) is 0 Å². The van der Waals surface area contributed by atoms with Gasteiger partial charge in [-0.1, -0.05) is 31.5 Å². The van der Waals surface area contributed by atoms with Gasteiger partial charge in [-0.15, -0.1) is 0 Å². The summed E-state index contributed by atoms with van der Waals surface area (Å²) in [6.45, 7) is 3.77. The van der Waals surface area contributed by atoms with Crippen molar-refractivity contribution in [2.75, 3.05) is 6.54 Å². The van der Waals surface area contributed by atoms with Crippen LogP contribution >= 0.6 is 11.6 Å². The molecule has 7 heteroatoms. The molecule has 1 heterocycles. The highest BCUT2D eigenvalue weighted by atomic mass is 35.5. The van der Waals surface area contributed by atoms with Gasteiger partial charge in [-0.05, 0) is 36.5 Å². The standard InChI is InChI=1S/C14H18ClNO4S/c1-14(2)7-4-8-16(12(14)13(17)18)21(19,20)11-6-3-5-10(15)9-11/h3,5-6,9,12H,4,7-8H2,1-2H3,(H,17,18). The van der Waals surface area contributed by atoms with Crippen molar-refractivity contribution in [1.82, 2.24) is 4.31 Å². The SMILES string of the molecule is CC1(C)CCCN(S(=O)(=O)c2cccc(Cl)c2)C1C(=O)O. The number of hydrogen-bond donors (Lipinski definition) is 1. The van der Waals surface area contributed by atoms with Gasteiger partial charge in [0, 0.05) is 11.6 Å². The third-order valence-corrected chi connectivity index (χ3v) is 5.96. The molecule has 1 fully saturated rings. The Kier molecular flexibility index (Phi) is 4.33. The highest BCUT2D eigenvalue weighted by molar-refractivity contribution is 7.89. The van der Waals surface area contributed by atoms with Crippen LogP contribution in [-0.2, 0) is 14.8 Å². The van der Waals surface area contributed by atoms with Crippen molar-refractivity contribution in [1.29, 1.82) is 0 Å². The number of sulfonamides is 1. The zero-order chi connectivity index (χ0) is 15.8. The molecule has 1 unspecified atom stereocenters. The molecule has 0 bridgehead atoms. The Hall–Kier alpha value is -1.11. The Morgan fingerprint density at radius 1 is 1.43 bits per heavy atom. The molecular weight excluding hydrogens is 314 g/mol. The van der Waals surface area contributed by atoms with Crippen molar-refractivity contribution in [3.05, 3.63) is 29.3 Å². The number of benzene rings is 1. The molecule has 2 rings (SSSR count). The van der Waals surface area contributed by atoms with Crippen molar-refractivity contribution in [3.8, 4) is 0 Å². The van der Waals surface area contributed by atoms with E-state index in [1.165, 1.54) is 12.1 Å². The van der Waals surface area contributed by atoms with Gasteiger partial charge >= 0.3 is 5.97 Å². The molecule has 0 radical (unpaired) electrons. The highest BCUT2D eigenvalue weighted by Crippen LogP contribution is 2.38. The number of carboxylic acid groups (broad SMARTS) is 1. The molecule has 0 aromatic heterocycles. The zero-order valence-corrected chi connectivity index (χ0v) is 13.5. The zero-order valence-electron chi connectivity index (χ0n) is 11.9. The Morgan fingerprint density at radius 2 is 2.10 bits per heavy atom. The van der Waals surface area contributed by atoms with Gasteiger partial charge < -0.3 is 5.11 Å². The van der Waals surface area contributed by atoms with Crippen molar-refractivity contribution in [3.63, 3.8) is 0 Å². The van der Waals surface area contributed by atoms with Crippen LogP contribution < -0.4 is 0 Å². The molecule has 5 nitrogen and oxygen atoms in total.